The minimum absolute atomic E-state index is 0.146. The van der Waals surface area contributed by atoms with Crippen LogP contribution in [0.1, 0.15) is 51.5 Å². The molecule has 0 saturated heterocycles. The summed E-state index contributed by atoms with van der Waals surface area (Å²) in [6.07, 6.45) is 6.49. The van der Waals surface area contributed by atoms with Crippen LogP contribution >= 0.6 is 0 Å². The number of hydrogen-bond donors (Lipinski definition) is 1. The van der Waals surface area contributed by atoms with E-state index in [4.69, 9.17) is 5.73 Å². The quantitative estimate of drug-likeness (QED) is 0.872. The minimum atomic E-state index is 0.146. The fraction of sp³-hybridized carbons (Fsp3) is 0.684. The number of nitrogens with two attached hydrogens (primary N) is 1. The second-order valence-electron chi connectivity index (χ2n) is 7.41. The first-order chi connectivity index (χ1) is 9.97. The maximum atomic E-state index is 6.26. The zero-order chi connectivity index (χ0) is 15.5. The van der Waals surface area contributed by atoms with Crippen molar-refractivity contribution in [1.29, 1.82) is 0 Å². The predicted octanol–water partition coefficient (Wildman–Crippen LogP) is 4.37. The van der Waals surface area contributed by atoms with Gasteiger partial charge in [0.15, 0.2) is 0 Å². The number of rotatable bonds is 5. The Balaban J connectivity index is 2.17. The lowest BCUT2D eigenvalue weighted by atomic mass is 9.72. The Morgan fingerprint density at radius 3 is 2.52 bits per heavy atom. The van der Waals surface area contributed by atoms with Crippen LogP contribution in [0, 0.1) is 18.8 Å². The van der Waals surface area contributed by atoms with Gasteiger partial charge in [-0.1, -0.05) is 44.4 Å². The van der Waals surface area contributed by atoms with E-state index in [0.717, 1.165) is 18.4 Å². The molecule has 2 N–H and O–H groups in total. The molecule has 0 spiro atoms. The molecule has 2 heteroatoms. The molecule has 1 fully saturated rings. The van der Waals surface area contributed by atoms with Gasteiger partial charge in [0.25, 0.3) is 0 Å². The van der Waals surface area contributed by atoms with E-state index < -0.39 is 0 Å². The molecule has 2 atom stereocenters. The van der Waals surface area contributed by atoms with Gasteiger partial charge in [0, 0.05) is 19.3 Å². The van der Waals surface area contributed by atoms with Crippen molar-refractivity contribution < 1.29 is 0 Å². The molecular weight excluding hydrogens is 256 g/mol. The summed E-state index contributed by atoms with van der Waals surface area (Å²) in [5.41, 5.74) is 9.02. The third-order valence-electron chi connectivity index (χ3n) is 5.24. The summed E-state index contributed by atoms with van der Waals surface area (Å²) in [7, 11) is 2.23. The summed E-state index contributed by atoms with van der Waals surface area (Å²) in [6, 6.07) is 8.87. The molecule has 2 unspecified atom stereocenters. The molecule has 0 heterocycles. The lowest BCUT2D eigenvalue weighted by molar-refractivity contribution is 0.200. The zero-order valence-electron chi connectivity index (χ0n) is 14.2. The Hall–Kier alpha value is -1.02. The van der Waals surface area contributed by atoms with E-state index in [9.17, 15) is 0 Å². The first-order valence-electron chi connectivity index (χ1n) is 8.47. The minimum Gasteiger partial charge on any atom is -0.368 e. The number of benzene rings is 1. The molecule has 1 saturated carbocycles. The summed E-state index contributed by atoms with van der Waals surface area (Å²) in [5.74, 6) is 1.61. The van der Waals surface area contributed by atoms with Crippen LogP contribution in [0.15, 0.2) is 24.3 Å². The van der Waals surface area contributed by atoms with Crippen molar-refractivity contribution in [3.8, 4) is 0 Å². The van der Waals surface area contributed by atoms with Crippen molar-refractivity contribution >= 4 is 5.69 Å². The molecule has 1 aliphatic carbocycles. The molecule has 1 aromatic rings. The van der Waals surface area contributed by atoms with E-state index in [2.05, 4.69) is 57.0 Å². The predicted molar refractivity (Wildman–Crippen MR) is 92.8 cm³/mol. The topological polar surface area (TPSA) is 29.3 Å². The van der Waals surface area contributed by atoms with E-state index in [1.807, 2.05) is 0 Å². The van der Waals surface area contributed by atoms with Crippen molar-refractivity contribution in [2.45, 2.75) is 58.4 Å². The van der Waals surface area contributed by atoms with E-state index in [1.165, 1.54) is 43.4 Å². The van der Waals surface area contributed by atoms with Gasteiger partial charge in [-0.2, -0.15) is 0 Å². The molecule has 0 aromatic heterocycles. The highest BCUT2D eigenvalue weighted by molar-refractivity contribution is 5.49. The number of likely N-dealkylation sites (N-methyl/N-ethyl adjacent to an activating group) is 1. The maximum absolute atomic E-state index is 6.26. The molecule has 0 radical (unpaired) electrons. The van der Waals surface area contributed by atoms with Crippen LogP contribution in [-0.4, -0.2) is 19.1 Å². The SMILES string of the molecule is Cc1ccc(N(C)C2(CN)CCCC(CC(C)C)C2)cc1. The molecule has 0 bridgehead atoms. The van der Waals surface area contributed by atoms with Gasteiger partial charge < -0.3 is 10.6 Å². The molecule has 1 aliphatic rings. The molecule has 0 amide bonds. The fourth-order valence-electron chi connectivity index (χ4n) is 4.00. The molecule has 2 nitrogen and oxygen atoms in total. The molecule has 0 aliphatic heterocycles. The second-order valence-corrected chi connectivity index (χ2v) is 7.41. The third-order valence-corrected chi connectivity index (χ3v) is 5.24. The van der Waals surface area contributed by atoms with Crippen LogP contribution in [-0.2, 0) is 0 Å². The van der Waals surface area contributed by atoms with Crippen molar-refractivity contribution in [1.82, 2.24) is 0 Å². The highest BCUT2D eigenvalue weighted by Gasteiger charge is 2.38. The Bertz CT molecular complexity index is 437. The van der Waals surface area contributed by atoms with Gasteiger partial charge in [-0.3, -0.25) is 0 Å². The van der Waals surface area contributed by atoms with E-state index in [0.29, 0.717) is 0 Å². The van der Waals surface area contributed by atoms with Gasteiger partial charge in [0.2, 0.25) is 0 Å². The summed E-state index contributed by atoms with van der Waals surface area (Å²) in [6.45, 7) is 7.57. The van der Waals surface area contributed by atoms with Crippen molar-refractivity contribution in [2.24, 2.45) is 17.6 Å². The summed E-state index contributed by atoms with van der Waals surface area (Å²) in [5, 5.41) is 0. The molecule has 21 heavy (non-hydrogen) atoms. The standard InChI is InChI=1S/C19H32N2/c1-15(2)12-17-6-5-11-19(13-17,14-20)21(4)18-9-7-16(3)8-10-18/h7-10,15,17H,5-6,11-14,20H2,1-4H3. The summed E-state index contributed by atoms with van der Waals surface area (Å²) >= 11 is 0. The van der Waals surface area contributed by atoms with Crippen LogP contribution in [0.4, 0.5) is 5.69 Å². The lowest BCUT2D eigenvalue weighted by Gasteiger charge is -2.48. The molecular formula is C19H32N2. The Morgan fingerprint density at radius 2 is 1.95 bits per heavy atom. The monoisotopic (exact) mass is 288 g/mol. The smallest absolute Gasteiger partial charge is 0.0523 e. The second kappa shape index (κ2) is 6.83. The van der Waals surface area contributed by atoms with Crippen LogP contribution in [0.5, 0.6) is 0 Å². The highest BCUT2D eigenvalue weighted by atomic mass is 15.2. The normalized spacial score (nSPS) is 26.1. The van der Waals surface area contributed by atoms with Crippen LogP contribution in [0.25, 0.3) is 0 Å². The van der Waals surface area contributed by atoms with Gasteiger partial charge >= 0.3 is 0 Å². The van der Waals surface area contributed by atoms with Crippen LogP contribution in [0.2, 0.25) is 0 Å². The van der Waals surface area contributed by atoms with E-state index in [-0.39, 0.29) is 5.54 Å². The van der Waals surface area contributed by atoms with Crippen molar-refractivity contribution in [2.75, 3.05) is 18.5 Å². The number of aryl methyl sites for hydroxylation is 1. The molecule has 1 aromatic carbocycles. The number of anilines is 1. The fourth-order valence-corrected chi connectivity index (χ4v) is 4.00. The number of hydrogen-bond acceptors (Lipinski definition) is 2. The van der Waals surface area contributed by atoms with Gasteiger partial charge in [-0.05, 0) is 50.2 Å². The van der Waals surface area contributed by atoms with Crippen molar-refractivity contribution in [3.63, 3.8) is 0 Å². The Kier molecular flexibility index (Phi) is 5.32. The molecule has 118 valence electrons. The number of nitrogens with zero attached hydrogens (tertiary/aromatic N) is 1. The highest BCUT2D eigenvalue weighted by Crippen LogP contribution is 2.40. The maximum Gasteiger partial charge on any atom is 0.0523 e. The Morgan fingerprint density at radius 1 is 1.29 bits per heavy atom. The zero-order valence-corrected chi connectivity index (χ0v) is 14.2. The largest absolute Gasteiger partial charge is 0.368 e. The summed E-state index contributed by atoms with van der Waals surface area (Å²) < 4.78 is 0. The third kappa shape index (κ3) is 3.79. The average Bonchev–Trinajstić information content (AvgIpc) is 2.46. The van der Waals surface area contributed by atoms with Gasteiger partial charge in [-0.25, -0.2) is 0 Å². The average molecular weight is 288 g/mol. The molecule has 2 rings (SSSR count). The van der Waals surface area contributed by atoms with Gasteiger partial charge in [-0.15, -0.1) is 0 Å². The van der Waals surface area contributed by atoms with Crippen LogP contribution < -0.4 is 10.6 Å². The lowest BCUT2D eigenvalue weighted by Crippen LogP contribution is -2.55. The van der Waals surface area contributed by atoms with E-state index >= 15 is 0 Å². The summed E-state index contributed by atoms with van der Waals surface area (Å²) in [4.78, 5) is 2.46. The van der Waals surface area contributed by atoms with Gasteiger partial charge in [0.05, 0.1) is 5.54 Å². The first kappa shape index (κ1) is 16.4. The first-order valence-corrected chi connectivity index (χ1v) is 8.47. The van der Waals surface area contributed by atoms with Gasteiger partial charge in [0.1, 0.15) is 0 Å². The van der Waals surface area contributed by atoms with Crippen LogP contribution in [0.3, 0.4) is 0 Å². The van der Waals surface area contributed by atoms with Crippen molar-refractivity contribution in [3.05, 3.63) is 29.8 Å². The van der Waals surface area contributed by atoms with E-state index in [1.54, 1.807) is 0 Å². The Labute approximate surface area is 130 Å².